The summed E-state index contributed by atoms with van der Waals surface area (Å²) < 4.78 is 39.0. The molecule has 1 N–H and O–H groups in total. The van der Waals surface area contributed by atoms with Gasteiger partial charge < -0.3 is 9.47 Å². The van der Waals surface area contributed by atoms with Crippen LogP contribution in [0.15, 0.2) is 41.3 Å². The highest BCUT2D eigenvalue weighted by Crippen LogP contribution is 2.28. The van der Waals surface area contributed by atoms with Gasteiger partial charge in [0, 0.05) is 12.6 Å². The van der Waals surface area contributed by atoms with Gasteiger partial charge in [-0.1, -0.05) is 26.0 Å². The summed E-state index contributed by atoms with van der Waals surface area (Å²) in [4.78, 5) is 6.82. The normalized spacial score (nSPS) is 14.4. The van der Waals surface area contributed by atoms with Gasteiger partial charge in [-0.2, -0.15) is 4.98 Å². The summed E-state index contributed by atoms with van der Waals surface area (Å²) in [5.74, 6) is 0.915. The standard InChI is InChI=1S/C21H29N3O4S.ClH/c1-16(2)17-6-8-18(9-7-17)29(25,26)23-19-10-11-20(22-21(19)27-3)28-15-14-24-12-4-5-13-24;/h6-11,16,23H,4-5,12-15H2,1-3H3;1H. The quantitative estimate of drug-likeness (QED) is 0.617. The number of benzene rings is 1. The summed E-state index contributed by atoms with van der Waals surface area (Å²) in [6, 6.07) is 10.1. The van der Waals surface area contributed by atoms with Crippen molar-refractivity contribution in [3.05, 3.63) is 42.0 Å². The zero-order valence-corrected chi connectivity index (χ0v) is 19.3. The number of sulfonamides is 1. The Morgan fingerprint density at radius 1 is 1.10 bits per heavy atom. The van der Waals surface area contributed by atoms with Crippen molar-refractivity contribution in [3.8, 4) is 11.8 Å². The second kappa shape index (κ2) is 10.8. The smallest absolute Gasteiger partial charge is 0.262 e. The molecule has 166 valence electrons. The van der Waals surface area contributed by atoms with Crippen molar-refractivity contribution in [2.24, 2.45) is 0 Å². The van der Waals surface area contributed by atoms with Crippen molar-refractivity contribution in [3.63, 3.8) is 0 Å². The largest absolute Gasteiger partial charge is 0.479 e. The molecule has 1 aromatic heterocycles. The fraction of sp³-hybridized carbons (Fsp3) is 0.476. The van der Waals surface area contributed by atoms with Gasteiger partial charge in [0.1, 0.15) is 12.3 Å². The molecule has 0 atom stereocenters. The highest BCUT2D eigenvalue weighted by atomic mass is 35.5. The first-order chi connectivity index (χ1) is 13.9. The van der Waals surface area contributed by atoms with Crippen LogP contribution >= 0.6 is 12.4 Å². The molecule has 0 radical (unpaired) electrons. The Hall–Kier alpha value is -2.03. The molecule has 0 unspecified atom stereocenters. The van der Waals surface area contributed by atoms with Gasteiger partial charge in [-0.25, -0.2) is 8.42 Å². The van der Waals surface area contributed by atoms with Gasteiger partial charge >= 0.3 is 0 Å². The summed E-state index contributed by atoms with van der Waals surface area (Å²) in [7, 11) is -2.30. The van der Waals surface area contributed by atoms with Crippen molar-refractivity contribution in [1.29, 1.82) is 0 Å². The summed E-state index contributed by atoms with van der Waals surface area (Å²) in [5, 5.41) is 0. The minimum atomic E-state index is -3.75. The molecule has 2 aromatic rings. The molecule has 0 aliphatic carbocycles. The van der Waals surface area contributed by atoms with Crippen LogP contribution in [0.5, 0.6) is 11.8 Å². The average Bonchev–Trinajstić information content (AvgIpc) is 3.22. The van der Waals surface area contributed by atoms with E-state index < -0.39 is 10.0 Å². The van der Waals surface area contributed by atoms with Crippen molar-refractivity contribution >= 4 is 28.1 Å². The van der Waals surface area contributed by atoms with Crippen LogP contribution in [0, 0.1) is 0 Å². The molecule has 0 spiro atoms. The number of hydrogen-bond donors (Lipinski definition) is 1. The van der Waals surface area contributed by atoms with E-state index in [1.165, 1.54) is 20.0 Å². The molecule has 7 nitrogen and oxygen atoms in total. The van der Waals surface area contributed by atoms with Crippen molar-refractivity contribution in [2.75, 3.05) is 38.1 Å². The Morgan fingerprint density at radius 3 is 2.37 bits per heavy atom. The van der Waals surface area contributed by atoms with Crippen molar-refractivity contribution in [2.45, 2.75) is 37.5 Å². The first kappa shape index (κ1) is 24.2. The predicted octanol–water partition coefficient (Wildman–Crippen LogP) is 3.91. The Kier molecular flexibility index (Phi) is 8.76. The van der Waals surface area contributed by atoms with Gasteiger partial charge in [-0.3, -0.25) is 9.62 Å². The lowest BCUT2D eigenvalue weighted by Gasteiger charge is -2.16. The Morgan fingerprint density at radius 2 is 1.77 bits per heavy atom. The van der Waals surface area contributed by atoms with E-state index in [0.717, 1.165) is 25.2 Å². The number of hydrogen-bond acceptors (Lipinski definition) is 6. The highest BCUT2D eigenvalue weighted by molar-refractivity contribution is 7.92. The fourth-order valence-corrected chi connectivity index (χ4v) is 4.32. The topological polar surface area (TPSA) is 80.8 Å². The Labute approximate surface area is 185 Å². The van der Waals surface area contributed by atoms with E-state index in [-0.39, 0.29) is 28.9 Å². The number of methoxy groups -OCH3 is 1. The van der Waals surface area contributed by atoms with Crippen LogP contribution in [0.3, 0.4) is 0 Å². The van der Waals surface area contributed by atoms with Gasteiger partial charge in [0.2, 0.25) is 11.8 Å². The second-order valence-electron chi connectivity index (χ2n) is 7.43. The Bertz CT molecular complexity index is 914. The lowest BCUT2D eigenvalue weighted by Crippen LogP contribution is -2.25. The highest BCUT2D eigenvalue weighted by Gasteiger charge is 2.18. The lowest BCUT2D eigenvalue weighted by molar-refractivity contribution is 0.230. The van der Waals surface area contributed by atoms with Crippen LogP contribution < -0.4 is 14.2 Å². The van der Waals surface area contributed by atoms with Crippen LogP contribution in [0.2, 0.25) is 0 Å². The number of nitrogens with zero attached hydrogens (tertiary/aromatic N) is 2. The number of rotatable bonds is 9. The van der Waals surface area contributed by atoms with Gasteiger partial charge in [0.25, 0.3) is 10.0 Å². The average molecular weight is 456 g/mol. The lowest BCUT2D eigenvalue weighted by atomic mass is 10.0. The molecular formula is C21H30ClN3O4S. The number of aromatic nitrogens is 1. The molecule has 1 saturated heterocycles. The minimum absolute atomic E-state index is 0. The van der Waals surface area contributed by atoms with Crippen LogP contribution in [0.25, 0.3) is 0 Å². The molecule has 30 heavy (non-hydrogen) atoms. The fourth-order valence-electron chi connectivity index (χ4n) is 3.26. The van der Waals surface area contributed by atoms with Crippen LogP contribution in [0.1, 0.15) is 38.2 Å². The van der Waals surface area contributed by atoms with Crippen LogP contribution in [0.4, 0.5) is 5.69 Å². The van der Waals surface area contributed by atoms with Crippen LogP contribution in [-0.4, -0.2) is 51.7 Å². The third-order valence-electron chi connectivity index (χ3n) is 4.99. The first-order valence-electron chi connectivity index (χ1n) is 9.92. The van der Waals surface area contributed by atoms with Crippen molar-refractivity contribution in [1.82, 2.24) is 9.88 Å². The minimum Gasteiger partial charge on any atom is -0.479 e. The second-order valence-corrected chi connectivity index (χ2v) is 9.12. The van der Waals surface area contributed by atoms with Crippen LogP contribution in [-0.2, 0) is 10.0 Å². The van der Waals surface area contributed by atoms with E-state index in [4.69, 9.17) is 9.47 Å². The Balaban J connectivity index is 0.00000320. The van der Waals surface area contributed by atoms with E-state index in [2.05, 4.69) is 28.5 Å². The molecule has 9 heteroatoms. The molecule has 1 aliphatic rings. The van der Waals surface area contributed by atoms with Gasteiger partial charge in [-0.05, 0) is 55.6 Å². The first-order valence-corrected chi connectivity index (χ1v) is 11.4. The van der Waals surface area contributed by atoms with E-state index in [9.17, 15) is 8.42 Å². The monoisotopic (exact) mass is 455 g/mol. The van der Waals surface area contributed by atoms with Gasteiger partial charge in [-0.15, -0.1) is 12.4 Å². The number of nitrogens with one attached hydrogen (secondary N) is 1. The van der Waals surface area contributed by atoms with Gasteiger partial charge in [0.15, 0.2) is 0 Å². The maximum absolute atomic E-state index is 12.7. The third kappa shape index (κ3) is 6.23. The molecule has 1 fully saturated rings. The van der Waals surface area contributed by atoms with E-state index in [1.54, 1.807) is 24.3 Å². The number of pyridine rings is 1. The number of likely N-dealkylation sites (tertiary alicyclic amines) is 1. The van der Waals surface area contributed by atoms with Crippen molar-refractivity contribution < 1.29 is 17.9 Å². The molecule has 1 aliphatic heterocycles. The molecule has 2 heterocycles. The maximum atomic E-state index is 12.7. The van der Waals surface area contributed by atoms with E-state index >= 15 is 0 Å². The SMILES string of the molecule is COc1nc(OCCN2CCCC2)ccc1NS(=O)(=O)c1ccc(C(C)C)cc1.Cl. The van der Waals surface area contributed by atoms with E-state index in [0.29, 0.717) is 18.4 Å². The summed E-state index contributed by atoms with van der Waals surface area (Å²) in [5.41, 5.74) is 1.35. The molecule has 0 amide bonds. The summed E-state index contributed by atoms with van der Waals surface area (Å²) in [6.45, 7) is 7.73. The molecule has 0 bridgehead atoms. The summed E-state index contributed by atoms with van der Waals surface area (Å²) >= 11 is 0. The number of ether oxygens (including phenoxy) is 2. The number of halogens is 1. The zero-order chi connectivity index (χ0) is 20.9. The predicted molar refractivity (Wildman–Crippen MR) is 121 cm³/mol. The van der Waals surface area contributed by atoms with E-state index in [1.807, 2.05) is 12.1 Å². The molecule has 0 saturated carbocycles. The zero-order valence-electron chi connectivity index (χ0n) is 17.6. The molecule has 3 rings (SSSR count). The number of anilines is 1. The molecule has 1 aromatic carbocycles. The molecular weight excluding hydrogens is 426 g/mol. The van der Waals surface area contributed by atoms with Gasteiger partial charge in [0.05, 0.1) is 12.0 Å². The third-order valence-corrected chi connectivity index (χ3v) is 6.37. The summed E-state index contributed by atoms with van der Waals surface area (Å²) in [6.07, 6.45) is 2.47. The maximum Gasteiger partial charge on any atom is 0.262 e.